The van der Waals surface area contributed by atoms with Crippen molar-refractivity contribution in [2.75, 3.05) is 4.90 Å². The molecule has 0 spiro atoms. The summed E-state index contributed by atoms with van der Waals surface area (Å²) in [5.41, 5.74) is 11.7. The van der Waals surface area contributed by atoms with Crippen molar-refractivity contribution in [3.8, 4) is 27.9 Å². The number of hydrogen-bond donors (Lipinski definition) is 0. The van der Waals surface area contributed by atoms with Crippen LogP contribution in [0.15, 0.2) is 194 Å². The van der Waals surface area contributed by atoms with E-state index in [1.165, 1.54) is 54.8 Å². The van der Waals surface area contributed by atoms with Gasteiger partial charge in [0.15, 0.2) is 0 Å². The SMILES string of the molecule is c1ccc(N(c2ccccc2-c2cccc3ccccc23)c2ccccc2-c2cccc3c2c2ccccc2n3-c2ccccc2)cc1. The van der Waals surface area contributed by atoms with E-state index in [2.05, 4.69) is 204 Å². The molecule has 0 radical (unpaired) electrons. The third-order valence-corrected chi connectivity index (χ3v) is 9.39. The van der Waals surface area contributed by atoms with Crippen molar-refractivity contribution >= 4 is 49.6 Å². The number of fused-ring (bicyclic) bond motifs is 4. The van der Waals surface area contributed by atoms with Crippen LogP contribution in [0.2, 0.25) is 0 Å². The Morgan fingerprint density at radius 3 is 1.60 bits per heavy atom. The lowest BCUT2D eigenvalue weighted by molar-refractivity contribution is 1.18. The summed E-state index contributed by atoms with van der Waals surface area (Å²) in [6.45, 7) is 0. The van der Waals surface area contributed by atoms with Crippen LogP contribution in [0.3, 0.4) is 0 Å². The minimum atomic E-state index is 1.11. The molecule has 0 atom stereocenters. The first-order valence-electron chi connectivity index (χ1n) is 16.5. The minimum absolute atomic E-state index is 1.11. The van der Waals surface area contributed by atoms with Gasteiger partial charge in [0.25, 0.3) is 0 Å². The van der Waals surface area contributed by atoms with E-state index in [4.69, 9.17) is 0 Å². The molecule has 9 aromatic rings. The Hall–Kier alpha value is -6.38. The lowest BCUT2D eigenvalue weighted by atomic mass is 9.94. The van der Waals surface area contributed by atoms with Crippen molar-refractivity contribution in [2.45, 2.75) is 0 Å². The molecule has 0 saturated heterocycles. The number of anilines is 3. The van der Waals surface area contributed by atoms with Crippen molar-refractivity contribution in [1.82, 2.24) is 4.57 Å². The molecular weight excluding hydrogens is 581 g/mol. The summed E-state index contributed by atoms with van der Waals surface area (Å²) in [7, 11) is 0. The summed E-state index contributed by atoms with van der Waals surface area (Å²) < 4.78 is 2.39. The Labute approximate surface area is 280 Å². The maximum Gasteiger partial charge on any atom is 0.0547 e. The molecule has 0 aliphatic carbocycles. The number of benzene rings is 8. The molecule has 2 heteroatoms. The molecule has 226 valence electrons. The maximum atomic E-state index is 2.43. The molecule has 0 N–H and O–H groups in total. The molecular formula is C46H32N2. The molecule has 0 amide bonds. The van der Waals surface area contributed by atoms with Crippen LogP contribution in [0.25, 0.3) is 60.5 Å². The molecule has 0 fully saturated rings. The zero-order chi connectivity index (χ0) is 31.9. The fraction of sp³-hybridized carbons (Fsp3) is 0. The third kappa shape index (κ3) is 4.58. The lowest BCUT2D eigenvalue weighted by Crippen LogP contribution is -2.12. The largest absolute Gasteiger partial charge is 0.309 e. The topological polar surface area (TPSA) is 8.17 Å². The van der Waals surface area contributed by atoms with Gasteiger partial charge in [-0.2, -0.15) is 0 Å². The van der Waals surface area contributed by atoms with E-state index in [1.54, 1.807) is 0 Å². The Kier molecular flexibility index (Phi) is 6.84. The first kappa shape index (κ1) is 27.9. The summed E-state index contributed by atoms with van der Waals surface area (Å²) in [4.78, 5) is 2.43. The first-order valence-corrected chi connectivity index (χ1v) is 16.5. The van der Waals surface area contributed by atoms with Gasteiger partial charge in [0.2, 0.25) is 0 Å². The van der Waals surface area contributed by atoms with Gasteiger partial charge in [-0.3, -0.25) is 0 Å². The Bertz CT molecular complexity index is 2560. The monoisotopic (exact) mass is 612 g/mol. The summed E-state index contributed by atoms with van der Waals surface area (Å²) in [5.74, 6) is 0. The van der Waals surface area contributed by atoms with E-state index in [1.807, 2.05) is 0 Å². The normalized spacial score (nSPS) is 11.3. The van der Waals surface area contributed by atoms with Gasteiger partial charge in [0, 0.05) is 33.3 Å². The van der Waals surface area contributed by atoms with E-state index in [9.17, 15) is 0 Å². The summed E-state index contributed by atoms with van der Waals surface area (Å²) >= 11 is 0. The number of aromatic nitrogens is 1. The molecule has 0 aliphatic heterocycles. The lowest BCUT2D eigenvalue weighted by Gasteiger charge is -2.30. The summed E-state index contributed by atoms with van der Waals surface area (Å²) in [6, 6.07) is 69.8. The molecule has 0 aliphatic rings. The molecule has 0 bridgehead atoms. The van der Waals surface area contributed by atoms with Crippen LogP contribution in [-0.4, -0.2) is 4.57 Å². The highest BCUT2D eigenvalue weighted by molar-refractivity contribution is 6.17. The van der Waals surface area contributed by atoms with Crippen molar-refractivity contribution < 1.29 is 0 Å². The van der Waals surface area contributed by atoms with Gasteiger partial charge >= 0.3 is 0 Å². The maximum absolute atomic E-state index is 2.43. The van der Waals surface area contributed by atoms with Gasteiger partial charge in [0.05, 0.1) is 22.4 Å². The molecule has 9 rings (SSSR count). The second kappa shape index (κ2) is 11.8. The fourth-order valence-electron chi connectivity index (χ4n) is 7.34. The summed E-state index contributed by atoms with van der Waals surface area (Å²) in [6.07, 6.45) is 0. The van der Waals surface area contributed by atoms with Crippen LogP contribution in [0.4, 0.5) is 17.1 Å². The van der Waals surface area contributed by atoms with Gasteiger partial charge in [-0.05, 0) is 70.4 Å². The third-order valence-electron chi connectivity index (χ3n) is 9.39. The van der Waals surface area contributed by atoms with E-state index in [0.717, 1.165) is 22.7 Å². The quantitative estimate of drug-likeness (QED) is 0.181. The van der Waals surface area contributed by atoms with E-state index >= 15 is 0 Å². The average molecular weight is 613 g/mol. The van der Waals surface area contributed by atoms with Crippen LogP contribution in [0.1, 0.15) is 0 Å². The predicted molar refractivity (Wildman–Crippen MR) is 204 cm³/mol. The molecule has 0 saturated carbocycles. The van der Waals surface area contributed by atoms with Crippen molar-refractivity contribution in [3.05, 3.63) is 194 Å². The highest BCUT2D eigenvalue weighted by Gasteiger charge is 2.23. The molecule has 1 heterocycles. The van der Waals surface area contributed by atoms with Gasteiger partial charge in [-0.25, -0.2) is 0 Å². The van der Waals surface area contributed by atoms with Crippen molar-refractivity contribution in [3.63, 3.8) is 0 Å². The number of hydrogen-bond acceptors (Lipinski definition) is 1. The van der Waals surface area contributed by atoms with Crippen LogP contribution >= 0.6 is 0 Å². The van der Waals surface area contributed by atoms with Crippen LogP contribution < -0.4 is 4.90 Å². The minimum Gasteiger partial charge on any atom is -0.309 e. The summed E-state index contributed by atoms with van der Waals surface area (Å²) in [5, 5.41) is 4.97. The van der Waals surface area contributed by atoms with Crippen molar-refractivity contribution in [2.24, 2.45) is 0 Å². The second-order valence-corrected chi connectivity index (χ2v) is 12.1. The zero-order valence-electron chi connectivity index (χ0n) is 26.4. The highest BCUT2D eigenvalue weighted by atomic mass is 15.1. The van der Waals surface area contributed by atoms with Gasteiger partial charge in [-0.15, -0.1) is 0 Å². The Morgan fingerprint density at radius 1 is 0.333 bits per heavy atom. The molecule has 8 aromatic carbocycles. The van der Waals surface area contributed by atoms with Gasteiger partial charge < -0.3 is 9.47 Å². The molecule has 1 aromatic heterocycles. The van der Waals surface area contributed by atoms with E-state index < -0.39 is 0 Å². The smallest absolute Gasteiger partial charge is 0.0547 e. The number of rotatable bonds is 6. The van der Waals surface area contributed by atoms with E-state index in [0.29, 0.717) is 0 Å². The van der Waals surface area contributed by atoms with Gasteiger partial charge in [0.1, 0.15) is 0 Å². The number of nitrogens with zero attached hydrogens (tertiary/aromatic N) is 2. The first-order chi connectivity index (χ1) is 23.9. The predicted octanol–water partition coefficient (Wildman–Crippen LogP) is 12.7. The van der Waals surface area contributed by atoms with E-state index in [-0.39, 0.29) is 0 Å². The van der Waals surface area contributed by atoms with Crippen LogP contribution in [-0.2, 0) is 0 Å². The van der Waals surface area contributed by atoms with Gasteiger partial charge in [-0.1, -0.05) is 146 Å². The molecule has 48 heavy (non-hydrogen) atoms. The van der Waals surface area contributed by atoms with Crippen LogP contribution in [0, 0.1) is 0 Å². The second-order valence-electron chi connectivity index (χ2n) is 12.1. The number of para-hydroxylation sites is 5. The Balaban J connectivity index is 1.33. The standard InChI is InChI=1S/C46H32N2/c1-3-19-34(20-4-1)47(42-29-12-9-24-38(42)37-27-15-18-33-17-7-8-23-36(33)37)43-30-13-10-25-39(43)40-28-16-32-45-46(40)41-26-11-14-31-44(41)48(45)35-21-5-2-6-22-35/h1-32H. The molecule has 2 nitrogen and oxygen atoms in total. The highest BCUT2D eigenvalue weighted by Crippen LogP contribution is 2.47. The molecule has 0 unspecified atom stereocenters. The Morgan fingerprint density at radius 2 is 0.833 bits per heavy atom. The van der Waals surface area contributed by atoms with Crippen molar-refractivity contribution in [1.29, 1.82) is 0 Å². The van der Waals surface area contributed by atoms with Crippen LogP contribution in [0.5, 0.6) is 0 Å². The fourth-order valence-corrected chi connectivity index (χ4v) is 7.34. The average Bonchev–Trinajstić information content (AvgIpc) is 3.51. The zero-order valence-corrected chi connectivity index (χ0v) is 26.4.